The van der Waals surface area contributed by atoms with Crippen LogP contribution in [0.3, 0.4) is 0 Å². The number of anilines is 1. The fraction of sp³-hybridized carbons (Fsp3) is 0.200. The van der Waals surface area contributed by atoms with Gasteiger partial charge in [0.2, 0.25) is 0 Å². The van der Waals surface area contributed by atoms with Gasteiger partial charge in [0.25, 0.3) is 11.6 Å². The van der Waals surface area contributed by atoms with Crippen LogP contribution in [0, 0.1) is 17.0 Å². The lowest BCUT2D eigenvalue weighted by Crippen LogP contribution is -2.15. The molecule has 0 bridgehead atoms. The summed E-state index contributed by atoms with van der Waals surface area (Å²) in [6.07, 6.45) is 1.60. The number of carbonyl (C=O) groups is 1. The minimum Gasteiger partial charge on any atom is -0.494 e. The highest BCUT2D eigenvalue weighted by Gasteiger charge is 2.19. The molecule has 1 heterocycles. The number of carbonyl (C=O) groups excluding carboxylic acids is 1. The quantitative estimate of drug-likeness (QED) is 0.458. The van der Waals surface area contributed by atoms with Gasteiger partial charge in [0, 0.05) is 6.20 Å². The summed E-state index contributed by atoms with van der Waals surface area (Å²) in [6, 6.07) is 13.3. The molecule has 0 aliphatic carbocycles. The van der Waals surface area contributed by atoms with Gasteiger partial charge in [-0.3, -0.25) is 14.9 Å². The third-order valence-electron chi connectivity index (χ3n) is 4.04. The third kappa shape index (κ3) is 4.89. The van der Waals surface area contributed by atoms with Crippen LogP contribution >= 0.6 is 0 Å². The predicted molar refractivity (Wildman–Crippen MR) is 106 cm³/mol. The van der Waals surface area contributed by atoms with Crippen molar-refractivity contribution >= 4 is 17.3 Å². The molecule has 1 N–H and O–H groups in total. The van der Waals surface area contributed by atoms with Crippen molar-refractivity contribution in [3.8, 4) is 11.5 Å². The molecule has 9 heteroatoms. The molecule has 0 spiro atoms. The minimum absolute atomic E-state index is 0.0640. The Morgan fingerprint density at radius 3 is 2.72 bits per heavy atom. The summed E-state index contributed by atoms with van der Waals surface area (Å²) < 4.78 is 12.4. The minimum atomic E-state index is -0.577. The second kappa shape index (κ2) is 8.87. The topological polar surface area (TPSA) is 109 Å². The second-order valence-electron chi connectivity index (χ2n) is 6.10. The number of aryl methyl sites for hydroxylation is 1. The van der Waals surface area contributed by atoms with Gasteiger partial charge in [0.1, 0.15) is 17.2 Å². The molecular weight excluding hydrogens is 376 g/mol. The Kier molecular flexibility index (Phi) is 6.08. The van der Waals surface area contributed by atoms with E-state index in [-0.39, 0.29) is 23.8 Å². The number of hydrogen-bond donors (Lipinski definition) is 1. The van der Waals surface area contributed by atoms with E-state index in [1.165, 1.54) is 22.9 Å². The highest BCUT2D eigenvalue weighted by Crippen LogP contribution is 2.29. The van der Waals surface area contributed by atoms with Gasteiger partial charge in [-0.2, -0.15) is 5.10 Å². The molecule has 29 heavy (non-hydrogen) atoms. The number of amides is 1. The third-order valence-corrected chi connectivity index (χ3v) is 4.04. The van der Waals surface area contributed by atoms with E-state index in [0.717, 1.165) is 11.3 Å². The molecule has 1 amide bonds. The highest BCUT2D eigenvalue weighted by molar-refractivity contribution is 6.04. The van der Waals surface area contributed by atoms with Gasteiger partial charge >= 0.3 is 0 Å². The number of nitro benzene ring substituents is 1. The molecule has 0 fully saturated rings. The van der Waals surface area contributed by atoms with E-state index in [1.54, 1.807) is 19.2 Å². The second-order valence-corrected chi connectivity index (χ2v) is 6.10. The Labute approximate surface area is 167 Å². The average Bonchev–Trinajstić information content (AvgIpc) is 3.18. The van der Waals surface area contributed by atoms with Crippen molar-refractivity contribution in [2.45, 2.75) is 20.6 Å². The normalized spacial score (nSPS) is 10.4. The van der Waals surface area contributed by atoms with Crippen LogP contribution in [0.15, 0.2) is 54.7 Å². The van der Waals surface area contributed by atoms with Crippen LogP contribution in [0.2, 0.25) is 0 Å². The Morgan fingerprint density at radius 2 is 2.00 bits per heavy atom. The Balaban J connectivity index is 1.69. The monoisotopic (exact) mass is 396 g/mol. The summed E-state index contributed by atoms with van der Waals surface area (Å²) in [5.74, 6) is 0.515. The van der Waals surface area contributed by atoms with Crippen molar-refractivity contribution in [3.63, 3.8) is 0 Å². The van der Waals surface area contributed by atoms with Gasteiger partial charge in [-0.15, -0.1) is 0 Å². The van der Waals surface area contributed by atoms with E-state index in [2.05, 4.69) is 10.4 Å². The molecule has 0 saturated heterocycles. The Hall–Kier alpha value is -3.88. The van der Waals surface area contributed by atoms with Crippen LogP contribution in [0.5, 0.6) is 11.5 Å². The molecule has 0 radical (unpaired) electrons. The standard InChI is InChI=1S/C20H20N4O5/c1-3-28-15-8-9-16(18(12-15)24(26)27)21-20(25)17-10-11-23(22-17)13-29-19-7-5-4-6-14(19)2/h4-12H,3,13H2,1-2H3,(H,21,25). The zero-order chi connectivity index (χ0) is 20.8. The van der Waals surface area contributed by atoms with E-state index in [4.69, 9.17) is 9.47 Å². The molecule has 3 aromatic rings. The number of aromatic nitrogens is 2. The fourth-order valence-electron chi connectivity index (χ4n) is 2.62. The first-order valence-corrected chi connectivity index (χ1v) is 8.92. The molecule has 1 aromatic heterocycles. The van der Waals surface area contributed by atoms with Crippen molar-refractivity contribution in [1.29, 1.82) is 0 Å². The number of nitrogens with zero attached hydrogens (tertiary/aromatic N) is 3. The zero-order valence-electron chi connectivity index (χ0n) is 16.0. The van der Waals surface area contributed by atoms with Gasteiger partial charge in [-0.1, -0.05) is 18.2 Å². The molecule has 0 saturated carbocycles. The molecular formula is C20H20N4O5. The molecule has 2 aromatic carbocycles. The number of hydrogen-bond acceptors (Lipinski definition) is 6. The van der Waals surface area contributed by atoms with Gasteiger partial charge in [-0.25, -0.2) is 4.68 Å². The van der Waals surface area contributed by atoms with E-state index < -0.39 is 10.8 Å². The van der Waals surface area contributed by atoms with E-state index in [1.807, 2.05) is 31.2 Å². The highest BCUT2D eigenvalue weighted by atomic mass is 16.6. The van der Waals surface area contributed by atoms with Crippen LogP contribution in [-0.4, -0.2) is 27.2 Å². The number of benzene rings is 2. The van der Waals surface area contributed by atoms with Crippen molar-refractivity contribution < 1.29 is 19.2 Å². The molecule has 150 valence electrons. The molecule has 9 nitrogen and oxygen atoms in total. The average molecular weight is 396 g/mol. The van der Waals surface area contributed by atoms with Crippen LogP contribution < -0.4 is 14.8 Å². The zero-order valence-corrected chi connectivity index (χ0v) is 16.0. The van der Waals surface area contributed by atoms with Crippen LogP contribution in [-0.2, 0) is 6.73 Å². The maximum Gasteiger partial charge on any atom is 0.296 e. The number of nitro groups is 1. The summed E-state index contributed by atoms with van der Waals surface area (Å²) in [4.78, 5) is 23.2. The van der Waals surface area contributed by atoms with Crippen molar-refractivity contribution in [1.82, 2.24) is 9.78 Å². The number of rotatable bonds is 8. The summed E-state index contributed by atoms with van der Waals surface area (Å²) in [7, 11) is 0. The van der Waals surface area contributed by atoms with Crippen LogP contribution in [0.4, 0.5) is 11.4 Å². The molecule has 0 unspecified atom stereocenters. The molecule has 0 atom stereocenters. The van der Waals surface area contributed by atoms with Crippen molar-refractivity contribution in [3.05, 3.63) is 76.1 Å². The van der Waals surface area contributed by atoms with Gasteiger partial charge < -0.3 is 14.8 Å². The summed E-state index contributed by atoms with van der Waals surface area (Å²) >= 11 is 0. The molecule has 0 aliphatic rings. The number of nitrogens with one attached hydrogen (secondary N) is 1. The first kappa shape index (κ1) is 19.9. The maximum absolute atomic E-state index is 12.5. The van der Waals surface area contributed by atoms with Gasteiger partial charge in [-0.05, 0) is 43.7 Å². The predicted octanol–water partition coefficient (Wildman–Crippen LogP) is 3.79. The Bertz CT molecular complexity index is 1030. The van der Waals surface area contributed by atoms with E-state index in [9.17, 15) is 14.9 Å². The maximum atomic E-state index is 12.5. The lowest BCUT2D eigenvalue weighted by Gasteiger charge is -2.09. The number of para-hydroxylation sites is 1. The van der Waals surface area contributed by atoms with E-state index >= 15 is 0 Å². The number of ether oxygens (including phenoxy) is 2. The first-order valence-electron chi connectivity index (χ1n) is 8.92. The molecule has 0 aliphatic heterocycles. The van der Waals surface area contributed by atoms with Crippen molar-refractivity contribution in [2.75, 3.05) is 11.9 Å². The van der Waals surface area contributed by atoms with Gasteiger partial charge in [0.15, 0.2) is 12.4 Å². The van der Waals surface area contributed by atoms with Gasteiger partial charge in [0.05, 0.1) is 17.6 Å². The van der Waals surface area contributed by atoms with Crippen LogP contribution in [0.25, 0.3) is 0 Å². The first-order chi connectivity index (χ1) is 14.0. The van der Waals surface area contributed by atoms with Crippen molar-refractivity contribution in [2.24, 2.45) is 0 Å². The summed E-state index contributed by atoms with van der Waals surface area (Å²) in [5.41, 5.74) is 0.905. The van der Waals surface area contributed by atoms with E-state index in [0.29, 0.717) is 12.4 Å². The summed E-state index contributed by atoms with van der Waals surface area (Å²) in [5, 5.41) is 18.0. The largest absolute Gasteiger partial charge is 0.494 e. The SMILES string of the molecule is CCOc1ccc(NC(=O)c2ccn(COc3ccccc3C)n2)c([N+](=O)[O-])c1. The smallest absolute Gasteiger partial charge is 0.296 e. The Morgan fingerprint density at radius 1 is 1.21 bits per heavy atom. The molecule has 3 rings (SSSR count). The fourth-order valence-corrected chi connectivity index (χ4v) is 2.62. The lowest BCUT2D eigenvalue weighted by molar-refractivity contribution is -0.384. The lowest BCUT2D eigenvalue weighted by atomic mass is 10.2. The summed E-state index contributed by atoms with van der Waals surface area (Å²) in [6.45, 7) is 4.22. The van der Waals surface area contributed by atoms with Crippen LogP contribution in [0.1, 0.15) is 23.0 Å².